The molecule has 0 aliphatic carbocycles. The molecule has 26 heavy (non-hydrogen) atoms. The van der Waals surface area contributed by atoms with Gasteiger partial charge in [0.25, 0.3) is 0 Å². The Bertz CT molecular complexity index is 734. The van der Waals surface area contributed by atoms with Crippen LogP contribution in [0.3, 0.4) is 0 Å². The summed E-state index contributed by atoms with van der Waals surface area (Å²) in [6, 6.07) is 12.9. The highest BCUT2D eigenvalue weighted by atomic mass is 16.3. The van der Waals surface area contributed by atoms with Gasteiger partial charge < -0.3 is 14.6 Å². The first kappa shape index (κ1) is 17.2. The van der Waals surface area contributed by atoms with E-state index in [9.17, 15) is 0 Å². The number of likely N-dealkylation sites (tertiary alicyclic amines) is 1. The Morgan fingerprint density at radius 1 is 1.15 bits per heavy atom. The van der Waals surface area contributed by atoms with Crippen LogP contribution in [0.25, 0.3) is 0 Å². The Kier molecular flexibility index (Phi) is 5.25. The molecule has 2 aliphatic rings. The van der Waals surface area contributed by atoms with E-state index < -0.39 is 0 Å². The number of rotatable bonds is 5. The zero-order valence-electron chi connectivity index (χ0n) is 15.5. The third kappa shape index (κ3) is 3.49. The Balaban J connectivity index is 1.57. The maximum atomic E-state index is 5.74. The second-order valence-electron chi connectivity index (χ2n) is 7.00. The molecule has 0 saturated carbocycles. The van der Waals surface area contributed by atoms with E-state index in [2.05, 4.69) is 52.4 Å². The minimum atomic E-state index is 0.221. The molecule has 2 aromatic rings. The molecule has 138 valence electrons. The molecule has 2 aliphatic heterocycles. The predicted octanol–water partition coefficient (Wildman–Crippen LogP) is 3.44. The number of guanidine groups is 1. The maximum Gasteiger partial charge on any atom is 0.198 e. The monoisotopic (exact) mass is 352 g/mol. The second kappa shape index (κ2) is 7.96. The molecule has 5 nitrogen and oxygen atoms in total. The van der Waals surface area contributed by atoms with Crippen molar-refractivity contribution in [3.05, 3.63) is 54.0 Å². The summed E-state index contributed by atoms with van der Waals surface area (Å²) in [4.78, 5) is 9.85. The van der Waals surface area contributed by atoms with Gasteiger partial charge in [0.2, 0.25) is 0 Å². The predicted molar refractivity (Wildman–Crippen MR) is 106 cm³/mol. The zero-order chi connectivity index (χ0) is 17.8. The molecular weight excluding hydrogens is 324 g/mol. The van der Waals surface area contributed by atoms with Gasteiger partial charge >= 0.3 is 0 Å². The average molecular weight is 352 g/mol. The van der Waals surface area contributed by atoms with Crippen LogP contribution in [-0.2, 0) is 6.42 Å². The molecule has 1 aromatic heterocycles. The molecule has 1 atom stereocenters. The number of para-hydroxylation sites is 1. The summed E-state index contributed by atoms with van der Waals surface area (Å²) in [5.74, 6) is 2.00. The standard InChI is InChI=1S/C21H28N4O/c1-2-22-21(25-14-11-17-8-3-4-9-18(17)25)23-16-19(20-10-7-15-26-20)24-12-5-6-13-24/h3-4,7-10,15,19H,2,5-6,11-14,16H2,1H3,(H,22,23). The number of aliphatic imine (C=N–C) groups is 1. The van der Waals surface area contributed by atoms with Crippen molar-refractivity contribution < 1.29 is 4.42 Å². The lowest BCUT2D eigenvalue weighted by Gasteiger charge is -2.26. The fraction of sp³-hybridized carbons (Fsp3) is 0.476. The molecule has 1 unspecified atom stereocenters. The summed E-state index contributed by atoms with van der Waals surface area (Å²) in [7, 11) is 0. The molecule has 3 heterocycles. The van der Waals surface area contributed by atoms with Crippen LogP contribution >= 0.6 is 0 Å². The number of anilines is 1. The normalized spacial score (nSPS) is 19.0. The summed E-state index contributed by atoms with van der Waals surface area (Å²) in [5.41, 5.74) is 2.68. The molecule has 1 aromatic carbocycles. The third-order valence-electron chi connectivity index (χ3n) is 5.34. The van der Waals surface area contributed by atoms with Crippen LogP contribution < -0.4 is 10.2 Å². The summed E-state index contributed by atoms with van der Waals surface area (Å²) in [6.07, 6.45) is 5.37. The number of benzene rings is 1. The number of hydrogen-bond donors (Lipinski definition) is 1. The first-order valence-corrected chi connectivity index (χ1v) is 9.78. The van der Waals surface area contributed by atoms with Crippen LogP contribution in [0, 0.1) is 0 Å². The first-order valence-electron chi connectivity index (χ1n) is 9.78. The topological polar surface area (TPSA) is 44.0 Å². The fourth-order valence-corrected chi connectivity index (χ4v) is 4.05. The second-order valence-corrected chi connectivity index (χ2v) is 7.00. The van der Waals surface area contributed by atoms with Crippen LogP contribution in [0.15, 0.2) is 52.1 Å². The van der Waals surface area contributed by atoms with Crippen molar-refractivity contribution >= 4 is 11.6 Å². The Morgan fingerprint density at radius 3 is 2.77 bits per heavy atom. The molecular formula is C21H28N4O. The Morgan fingerprint density at radius 2 is 2.00 bits per heavy atom. The molecule has 0 amide bonds. The smallest absolute Gasteiger partial charge is 0.198 e. The van der Waals surface area contributed by atoms with Crippen molar-refractivity contribution in [3.8, 4) is 0 Å². The molecule has 1 saturated heterocycles. The maximum absolute atomic E-state index is 5.74. The number of furan rings is 1. The highest BCUT2D eigenvalue weighted by Crippen LogP contribution is 2.29. The highest BCUT2D eigenvalue weighted by molar-refractivity contribution is 5.98. The van der Waals surface area contributed by atoms with E-state index in [1.165, 1.54) is 24.1 Å². The van der Waals surface area contributed by atoms with Gasteiger partial charge in [-0.25, -0.2) is 0 Å². The number of nitrogens with zero attached hydrogens (tertiary/aromatic N) is 3. The lowest BCUT2D eigenvalue weighted by molar-refractivity contribution is 0.221. The van der Waals surface area contributed by atoms with Gasteiger partial charge in [-0.2, -0.15) is 0 Å². The van der Waals surface area contributed by atoms with Crippen LogP contribution in [0.2, 0.25) is 0 Å². The van der Waals surface area contributed by atoms with Crippen molar-refractivity contribution in [2.45, 2.75) is 32.2 Å². The van der Waals surface area contributed by atoms with E-state index in [0.717, 1.165) is 44.3 Å². The molecule has 0 spiro atoms. The van der Waals surface area contributed by atoms with Gasteiger partial charge in [-0.3, -0.25) is 9.89 Å². The van der Waals surface area contributed by atoms with Gasteiger partial charge in [-0.1, -0.05) is 18.2 Å². The number of nitrogens with one attached hydrogen (secondary N) is 1. The van der Waals surface area contributed by atoms with Gasteiger partial charge in [-0.15, -0.1) is 0 Å². The lowest BCUT2D eigenvalue weighted by Crippen LogP contribution is -2.41. The van der Waals surface area contributed by atoms with Gasteiger partial charge in [0.15, 0.2) is 5.96 Å². The van der Waals surface area contributed by atoms with E-state index in [4.69, 9.17) is 9.41 Å². The van der Waals surface area contributed by atoms with Crippen molar-refractivity contribution in [1.82, 2.24) is 10.2 Å². The minimum Gasteiger partial charge on any atom is -0.468 e. The Labute approximate surface area is 155 Å². The van der Waals surface area contributed by atoms with Gasteiger partial charge in [0.1, 0.15) is 5.76 Å². The van der Waals surface area contributed by atoms with E-state index in [1.807, 2.05) is 6.07 Å². The van der Waals surface area contributed by atoms with Crippen LogP contribution in [0.4, 0.5) is 5.69 Å². The van der Waals surface area contributed by atoms with Crippen LogP contribution in [0.5, 0.6) is 0 Å². The van der Waals surface area contributed by atoms with Crippen molar-refractivity contribution in [3.63, 3.8) is 0 Å². The summed E-state index contributed by atoms with van der Waals surface area (Å²) in [5, 5.41) is 3.48. The summed E-state index contributed by atoms with van der Waals surface area (Å²) < 4.78 is 5.74. The number of fused-ring (bicyclic) bond motifs is 1. The van der Waals surface area contributed by atoms with Crippen molar-refractivity contribution in [1.29, 1.82) is 0 Å². The van der Waals surface area contributed by atoms with E-state index in [1.54, 1.807) is 6.26 Å². The van der Waals surface area contributed by atoms with Crippen molar-refractivity contribution in [2.24, 2.45) is 4.99 Å². The fourth-order valence-electron chi connectivity index (χ4n) is 4.05. The van der Waals surface area contributed by atoms with Gasteiger partial charge in [0.05, 0.1) is 18.8 Å². The summed E-state index contributed by atoms with van der Waals surface area (Å²) in [6.45, 7) is 6.96. The molecule has 0 radical (unpaired) electrons. The molecule has 5 heteroatoms. The van der Waals surface area contributed by atoms with Gasteiger partial charge in [0, 0.05) is 18.8 Å². The third-order valence-corrected chi connectivity index (χ3v) is 5.34. The minimum absolute atomic E-state index is 0.221. The van der Waals surface area contributed by atoms with Crippen LogP contribution in [0.1, 0.15) is 37.1 Å². The van der Waals surface area contributed by atoms with Crippen LogP contribution in [-0.4, -0.2) is 43.6 Å². The molecule has 4 rings (SSSR count). The highest BCUT2D eigenvalue weighted by Gasteiger charge is 2.27. The quantitative estimate of drug-likeness (QED) is 0.661. The average Bonchev–Trinajstić information content (AvgIpc) is 3.42. The zero-order valence-corrected chi connectivity index (χ0v) is 15.5. The van der Waals surface area contributed by atoms with E-state index in [-0.39, 0.29) is 6.04 Å². The molecule has 1 N–H and O–H groups in total. The van der Waals surface area contributed by atoms with E-state index >= 15 is 0 Å². The van der Waals surface area contributed by atoms with Crippen molar-refractivity contribution in [2.75, 3.05) is 37.6 Å². The molecule has 0 bridgehead atoms. The molecule has 1 fully saturated rings. The first-order chi connectivity index (χ1) is 12.9. The summed E-state index contributed by atoms with van der Waals surface area (Å²) >= 11 is 0. The Hall–Kier alpha value is -2.27. The van der Waals surface area contributed by atoms with Gasteiger partial charge in [-0.05, 0) is 63.0 Å². The lowest BCUT2D eigenvalue weighted by atomic mass is 10.2. The van der Waals surface area contributed by atoms with E-state index in [0.29, 0.717) is 6.54 Å². The SMILES string of the molecule is CCNC(=NCC(c1ccco1)N1CCCC1)N1CCc2ccccc21. The largest absolute Gasteiger partial charge is 0.468 e. The number of hydrogen-bond acceptors (Lipinski definition) is 3.